The number of anilines is 1. The third-order valence-electron chi connectivity index (χ3n) is 5.17. The van der Waals surface area contributed by atoms with Crippen LogP contribution in [0, 0.1) is 19.7 Å². The number of amides is 1. The van der Waals surface area contributed by atoms with Gasteiger partial charge in [0.05, 0.1) is 6.54 Å². The number of pyridine rings is 1. The molecule has 152 valence electrons. The number of fused-ring (bicyclic) bond motifs is 1. The molecule has 30 heavy (non-hydrogen) atoms. The van der Waals surface area contributed by atoms with Crippen molar-refractivity contribution in [3.8, 4) is 0 Å². The Morgan fingerprint density at radius 1 is 1.00 bits per heavy atom. The van der Waals surface area contributed by atoms with E-state index < -0.39 is 0 Å². The average Bonchev–Trinajstić information content (AvgIpc) is 3.12. The number of nitrogens with one attached hydrogen (secondary N) is 1. The summed E-state index contributed by atoms with van der Waals surface area (Å²) >= 11 is 0. The van der Waals surface area contributed by atoms with Gasteiger partial charge >= 0.3 is 0 Å². The summed E-state index contributed by atoms with van der Waals surface area (Å²) in [5.74, 6) is -0.596. The van der Waals surface area contributed by atoms with Crippen LogP contribution in [0.1, 0.15) is 16.7 Å². The Kier molecular flexibility index (Phi) is 5.23. The highest BCUT2D eigenvalue weighted by Gasteiger charge is 2.13. The third kappa shape index (κ3) is 3.89. The van der Waals surface area contributed by atoms with Crippen molar-refractivity contribution in [3.05, 3.63) is 99.9 Å². The highest BCUT2D eigenvalue weighted by atomic mass is 19.1. The van der Waals surface area contributed by atoms with E-state index in [9.17, 15) is 14.0 Å². The van der Waals surface area contributed by atoms with Crippen LogP contribution in [0.4, 0.5) is 10.1 Å². The maximum Gasteiger partial charge on any atom is 0.275 e. The Bertz CT molecular complexity index is 1300. The number of aromatic nitrogens is 2. The van der Waals surface area contributed by atoms with E-state index in [4.69, 9.17) is 0 Å². The van der Waals surface area contributed by atoms with Gasteiger partial charge in [-0.15, -0.1) is 0 Å². The molecule has 4 aromatic rings. The lowest BCUT2D eigenvalue weighted by molar-refractivity contribution is -0.116. The van der Waals surface area contributed by atoms with Gasteiger partial charge in [0, 0.05) is 29.0 Å². The summed E-state index contributed by atoms with van der Waals surface area (Å²) in [7, 11) is 0. The van der Waals surface area contributed by atoms with Crippen molar-refractivity contribution < 1.29 is 9.18 Å². The SMILES string of the molecule is Cc1ccc(C)c(NC(=O)Cn2ccc3ccn(Cc4ccccc4F)c3c2=O)c1. The van der Waals surface area contributed by atoms with Gasteiger partial charge in [-0.2, -0.15) is 0 Å². The molecule has 0 saturated carbocycles. The molecule has 5 nitrogen and oxygen atoms in total. The second-order valence-electron chi connectivity index (χ2n) is 7.45. The Morgan fingerprint density at radius 2 is 1.73 bits per heavy atom. The lowest BCUT2D eigenvalue weighted by Gasteiger charge is -2.11. The van der Waals surface area contributed by atoms with Crippen LogP contribution in [0.5, 0.6) is 0 Å². The van der Waals surface area contributed by atoms with Gasteiger partial charge in [0.1, 0.15) is 17.9 Å². The van der Waals surface area contributed by atoms with Gasteiger partial charge in [0.25, 0.3) is 5.56 Å². The molecule has 0 radical (unpaired) electrons. The molecule has 2 aromatic heterocycles. The van der Waals surface area contributed by atoms with Gasteiger partial charge in [0.15, 0.2) is 0 Å². The minimum Gasteiger partial charge on any atom is -0.338 e. The number of aryl methyl sites for hydroxylation is 2. The molecular formula is C24H22FN3O2. The van der Waals surface area contributed by atoms with Crippen molar-refractivity contribution in [2.75, 3.05) is 5.32 Å². The summed E-state index contributed by atoms with van der Waals surface area (Å²) in [6, 6.07) is 15.9. The van der Waals surface area contributed by atoms with Gasteiger partial charge in [0.2, 0.25) is 5.91 Å². The van der Waals surface area contributed by atoms with E-state index in [-0.39, 0.29) is 30.4 Å². The van der Waals surface area contributed by atoms with Crippen LogP contribution in [-0.2, 0) is 17.9 Å². The fraction of sp³-hybridized carbons (Fsp3) is 0.167. The van der Waals surface area contributed by atoms with Crippen molar-refractivity contribution >= 4 is 22.5 Å². The minimum absolute atomic E-state index is 0.104. The zero-order valence-corrected chi connectivity index (χ0v) is 16.9. The molecule has 0 fully saturated rings. The molecule has 0 aliphatic carbocycles. The topological polar surface area (TPSA) is 56.0 Å². The van der Waals surface area contributed by atoms with Crippen molar-refractivity contribution in [3.63, 3.8) is 0 Å². The summed E-state index contributed by atoms with van der Waals surface area (Å²) in [4.78, 5) is 25.6. The average molecular weight is 403 g/mol. The molecule has 1 N–H and O–H groups in total. The normalized spacial score (nSPS) is 11.0. The lowest BCUT2D eigenvalue weighted by Crippen LogP contribution is -2.28. The summed E-state index contributed by atoms with van der Waals surface area (Å²) in [5.41, 5.74) is 3.38. The zero-order chi connectivity index (χ0) is 21.3. The number of rotatable bonds is 5. The van der Waals surface area contributed by atoms with Crippen LogP contribution in [0.15, 0.2) is 71.8 Å². The van der Waals surface area contributed by atoms with E-state index >= 15 is 0 Å². The van der Waals surface area contributed by atoms with Crippen molar-refractivity contribution in [2.45, 2.75) is 26.9 Å². The summed E-state index contributed by atoms with van der Waals surface area (Å²) in [6.45, 7) is 4.01. The first-order valence-electron chi connectivity index (χ1n) is 9.71. The van der Waals surface area contributed by atoms with Crippen LogP contribution in [0.3, 0.4) is 0 Å². The number of carbonyl (C=O) groups excluding carboxylic acids is 1. The minimum atomic E-state index is -0.316. The molecule has 0 atom stereocenters. The first-order chi connectivity index (χ1) is 14.4. The smallest absolute Gasteiger partial charge is 0.275 e. The molecule has 0 saturated heterocycles. The number of hydrogen-bond donors (Lipinski definition) is 1. The fourth-order valence-corrected chi connectivity index (χ4v) is 3.53. The summed E-state index contributed by atoms with van der Waals surface area (Å²) < 4.78 is 17.1. The summed E-state index contributed by atoms with van der Waals surface area (Å²) in [6.07, 6.45) is 3.37. The van der Waals surface area contributed by atoms with Crippen molar-refractivity contribution in [1.29, 1.82) is 0 Å². The van der Waals surface area contributed by atoms with Gasteiger partial charge in [-0.3, -0.25) is 9.59 Å². The number of carbonyl (C=O) groups is 1. The molecule has 6 heteroatoms. The van der Waals surface area contributed by atoms with E-state index in [2.05, 4.69) is 5.32 Å². The molecule has 2 heterocycles. The van der Waals surface area contributed by atoms with Crippen molar-refractivity contribution in [1.82, 2.24) is 9.13 Å². The Balaban J connectivity index is 1.61. The van der Waals surface area contributed by atoms with Gasteiger partial charge in [-0.05, 0) is 49.2 Å². The maximum absolute atomic E-state index is 14.1. The molecule has 0 unspecified atom stereocenters. The standard InChI is InChI=1S/C24H22FN3O2/c1-16-7-8-17(2)21(13-16)26-22(29)15-28-12-10-18-9-11-27(23(18)24(28)30)14-19-5-3-4-6-20(19)25/h3-13H,14-15H2,1-2H3,(H,26,29). The Morgan fingerprint density at radius 3 is 2.50 bits per heavy atom. The highest BCUT2D eigenvalue weighted by Crippen LogP contribution is 2.17. The first kappa shape index (κ1) is 19.6. The van der Waals surface area contributed by atoms with Gasteiger partial charge in [-0.25, -0.2) is 4.39 Å². The number of hydrogen-bond acceptors (Lipinski definition) is 2. The van der Waals surface area contributed by atoms with E-state index in [1.165, 1.54) is 10.6 Å². The maximum atomic E-state index is 14.1. The highest BCUT2D eigenvalue weighted by molar-refractivity contribution is 5.91. The van der Waals surface area contributed by atoms with Crippen molar-refractivity contribution in [2.24, 2.45) is 0 Å². The summed E-state index contributed by atoms with van der Waals surface area (Å²) in [5, 5.41) is 3.63. The molecular weight excluding hydrogens is 381 g/mol. The number of halogens is 1. The molecule has 4 rings (SSSR count). The van der Waals surface area contributed by atoms with Gasteiger partial charge < -0.3 is 14.5 Å². The predicted molar refractivity (Wildman–Crippen MR) is 116 cm³/mol. The second kappa shape index (κ2) is 7.99. The van der Waals surface area contributed by atoms with Crippen LogP contribution in [0.25, 0.3) is 10.9 Å². The Labute approximate surface area is 173 Å². The molecule has 0 spiro atoms. The second-order valence-corrected chi connectivity index (χ2v) is 7.45. The van der Waals surface area contributed by atoms with E-state index in [1.54, 1.807) is 41.2 Å². The zero-order valence-electron chi connectivity index (χ0n) is 16.9. The van der Waals surface area contributed by atoms with E-state index in [0.29, 0.717) is 11.1 Å². The predicted octanol–water partition coefficient (Wildman–Crippen LogP) is 4.25. The lowest BCUT2D eigenvalue weighted by atomic mass is 10.1. The molecule has 1 amide bonds. The van der Waals surface area contributed by atoms with Crippen LogP contribution in [-0.4, -0.2) is 15.0 Å². The fourth-order valence-electron chi connectivity index (χ4n) is 3.53. The van der Waals surface area contributed by atoms with Gasteiger partial charge in [-0.1, -0.05) is 30.3 Å². The van der Waals surface area contributed by atoms with Crippen LogP contribution < -0.4 is 10.9 Å². The number of nitrogens with zero attached hydrogens (tertiary/aromatic N) is 2. The monoisotopic (exact) mass is 403 g/mol. The Hall–Kier alpha value is -3.67. The largest absolute Gasteiger partial charge is 0.338 e. The molecule has 0 bridgehead atoms. The third-order valence-corrected chi connectivity index (χ3v) is 5.17. The van der Waals surface area contributed by atoms with Crippen LogP contribution >= 0.6 is 0 Å². The van der Waals surface area contributed by atoms with E-state index in [1.807, 2.05) is 38.1 Å². The number of benzene rings is 2. The molecule has 2 aromatic carbocycles. The van der Waals surface area contributed by atoms with E-state index in [0.717, 1.165) is 22.2 Å². The quantitative estimate of drug-likeness (QED) is 0.542. The van der Waals surface area contributed by atoms with Crippen LogP contribution in [0.2, 0.25) is 0 Å². The first-order valence-corrected chi connectivity index (χ1v) is 9.71. The molecule has 0 aliphatic heterocycles. The molecule has 0 aliphatic rings.